The van der Waals surface area contributed by atoms with Crippen LogP contribution in [0, 0.1) is 11.6 Å². The number of benzene rings is 1. The molecule has 1 aromatic rings. The van der Waals surface area contributed by atoms with Crippen molar-refractivity contribution in [2.45, 2.75) is 0 Å². The Kier molecular flexibility index (Phi) is 2.19. The molecule has 0 aliphatic carbocycles. The summed E-state index contributed by atoms with van der Waals surface area (Å²) in [5.41, 5.74) is 0.613. The molecule has 1 N–H and O–H groups in total. The van der Waals surface area contributed by atoms with E-state index in [4.69, 9.17) is 0 Å². The summed E-state index contributed by atoms with van der Waals surface area (Å²) in [5, 5.41) is 0. The molecule has 0 aliphatic heterocycles. The first-order valence-corrected chi connectivity index (χ1v) is 3.36. The standard InChI is InChI=1S/C8H9F2N/c1-11(2)8-4-6(9)3-7(10)5-8/h3-5H,1-2H3/p+1. The lowest BCUT2D eigenvalue weighted by atomic mass is 10.3. The summed E-state index contributed by atoms with van der Waals surface area (Å²) < 4.78 is 25.1. The molecular weight excluding hydrogens is 148 g/mol. The van der Waals surface area contributed by atoms with Gasteiger partial charge in [0.1, 0.15) is 17.3 Å². The van der Waals surface area contributed by atoms with Crippen LogP contribution in [0.5, 0.6) is 0 Å². The van der Waals surface area contributed by atoms with E-state index in [1.165, 1.54) is 12.1 Å². The van der Waals surface area contributed by atoms with E-state index in [2.05, 4.69) is 0 Å². The molecule has 0 spiro atoms. The van der Waals surface area contributed by atoms with Gasteiger partial charge in [0.25, 0.3) is 0 Å². The first kappa shape index (κ1) is 8.14. The lowest BCUT2D eigenvalue weighted by molar-refractivity contribution is -0.786. The zero-order valence-electron chi connectivity index (χ0n) is 6.49. The molecule has 1 aromatic carbocycles. The molecule has 0 aromatic heterocycles. The Hall–Kier alpha value is -0.960. The quantitative estimate of drug-likeness (QED) is 0.615. The largest absolute Gasteiger partial charge is 0.307 e. The third-order valence-corrected chi connectivity index (χ3v) is 1.44. The molecule has 0 unspecified atom stereocenters. The van der Waals surface area contributed by atoms with Gasteiger partial charge in [0.15, 0.2) is 0 Å². The Bertz CT molecular complexity index is 238. The first-order valence-electron chi connectivity index (χ1n) is 3.36. The van der Waals surface area contributed by atoms with Crippen LogP contribution in [0.2, 0.25) is 0 Å². The molecular formula is C8H10F2N+. The van der Waals surface area contributed by atoms with E-state index in [0.717, 1.165) is 11.0 Å². The maximum atomic E-state index is 12.5. The fraction of sp³-hybridized carbons (Fsp3) is 0.250. The van der Waals surface area contributed by atoms with Gasteiger partial charge in [0.2, 0.25) is 0 Å². The van der Waals surface area contributed by atoms with Crippen LogP contribution >= 0.6 is 0 Å². The zero-order chi connectivity index (χ0) is 8.43. The lowest BCUT2D eigenvalue weighted by Crippen LogP contribution is -3.00. The minimum atomic E-state index is -0.527. The molecule has 3 heteroatoms. The van der Waals surface area contributed by atoms with E-state index in [1.807, 2.05) is 14.1 Å². The van der Waals surface area contributed by atoms with Crippen molar-refractivity contribution in [3.05, 3.63) is 29.8 Å². The van der Waals surface area contributed by atoms with Crippen LogP contribution in [0.4, 0.5) is 14.5 Å². The minimum absolute atomic E-state index is 0.527. The highest BCUT2D eigenvalue weighted by molar-refractivity contribution is 5.29. The van der Waals surface area contributed by atoms with E-state index >= 15 is 0 Å². The molecule has 1 rings (SSSR count). The van der Waals surface area contributed by atoms with Crippen molar-refractivity contribution < 1.29 is 13.7 Å². The Morgan fingerprint density at radius 2 is 1.45 bits per heavy atom. The Morgan fingerprint density at radius 1 is 1.00 bits per heavy atom. The van der Waals surface area contributed by atoms with Crippen molar-refractivity contribution in [3.8, 4) is 0 Å². The molecule has 0 saturated heterocycles. The van der Waals surface area contributed by atoms with Gasteiger partial charge in [-0.3, -0.25) is 0 Å². The fourth-order valence-corrected chi connectivity index (χ4v) is 0.843. The fourth-order valence-electron chi connectivity index (χ4n) is 0.843. The van der Waals surface area contributed by atoms with Crippen LogP contribution in [0.15, 0.2) is 18.2 Å². The number of halogens is 2. The summed E-state index contributed by atoms with van der Waals surface area (Å²) >= 11 is 0. The third-order valence-electron chi connectivity index (χ3n) is 1.44. The van der Waals surface area contributed by atoms with Crippen molar-refractivity contribution in [3.63, 3.8) is 0 Å². The van der Waals surface area contributed by atoms with E-state index in [-0.39, 0.29) is 0 Å². The van der Waals surface area contributed by atoms with Crippen LogP contribution in [-0.4, -0.2) is 14.1 Å². The predicted molar refractivity (Wildman–Crippen MR) is 38.8 cm³/mol. The van der Waals surface area contributed by atoms with E-state index < -0.39 is 11.6 Å². The summed E-state index contributed by atoms with van der Waals surface area (Å²) in [7, 11) is 3.63. The minimum Gasteiger partial charge on any atom is -0.307 e. The summed E-state index contributed by atoms with van der Waals surface area (Å²) in [5.74, 6) is -1.05. The summed E-state index contributed by atoms with van der Waals surface area (Å²) in [6, 6.07) is 3.50. The average molecular weight is 158 g/mol. The number of quaternary nitrogens is 1. The van der Waals surface area contributed by atoms with E-state index in [0.29, 0.717) is 5.69 Å². The average Bonchev–Trinajstić information content (AvgIpc) is 1.85. The highest BCUT2D eigenvalue weighted by Gasteiger charge is 2.04. The van der Waals surface area contributed by atoms with Crippen molar-refractivity contribution in [2.75, 3.05) is 14.1 Å². The highest BCUT2D eigenvalue weighted by Crippen LogP contribution is 2.07. The molecule has 1 nitrogen and oxygen atoms in total. The lowest BCUT2D eigenvalue weighted by Gasteiger charge is -2.05. The van der Waals surface area contributed by atoms with Crippen LogP contribution in [0.3, 0.4) is 0 Å². The molecule has 0 bridgehead atoms. The highest BCUT2D eigenvalue weighted by atomic mass is 19.1. The molecule has 0 saturated carbocycles. The molecule has 0 aliphatic rings. The summed E-state index contributed by atoms with van der Waals surface area (Å²) in [4.78, 5) is 0.906. The van der Waals surface area contributed by atoms with Gasteiger partial charge >= 0.3 is 0 Å². The van der Waals surface area contributed by atoms with Crippen LogP contribution in [0.1, 0.15) is 0 Å². The van der Waals surface area contributed by atoms with Crippen molar-refractivity contribution in [1.82, 2.24) is 0 Å². The van der Waals surface area contributed by atoms with Gasteiger partial charge in [-0.25, -0.2) is 8.78 Å². The maximum absolute atomic E-state index is 12.5. The Balaban J connectivity index is 3.08. The molecule has 0 radical (unpaired) electrons. The first-order chi connectivity index (χ1) is 5.09. The second-order valence-electron chi connectivity index (χ2n) is 2.66. The maximum Gasteiger partial charge on any atom is 0.136 e. The van der Waals surface area contributed by atoms with Crippen molar-refractivity contribution in [2.24, 2.45) is 0 Å². The molecule has 0 fully saturated rings. The SMILES string of the molecule is C[NH+](C)c1cc(F)cc(F)c1. The second-order valence-corrected chi connectivity index (χ2v) is 2.66. The second kappa shape index (κ2) is 2.96. The Morgan fingerprint density at radius 3 is 1.82 bits per heavy atom. The topological polar surface area (TPSA) is 4.44 Å². The number of hydrogen-bond donors (Lipinski definition) is 1. The number of nitrogens with one attached hydrogen (secondary N) is 1. The van der Waals surface area contributed by atoms with Crippen LogP contribution < -0.4 is 4.90 Å². The molecule has 0 heterocycles. The third kappa shape index (κ3) is 1.98. The van der Waals surface area contributed by atoms with Gasteiger partial charge < -0.3 is 4.90 Å². The molecule has 0 amide bonds. The van der Waals surface area contributed by atoms with Gasteiger partial charge in [-0.05, 0) is 0 Å². The van der Waals surface area contributed by atoms with Gasteiger partial charge in [-0.1, -0.05) is 0 Å². The summed E-state index contributed by atoms with van der Waals surface area (Å²) in [6.07, 6.45) is 0. The van der Waals surface area contributed by atoms with Crippen molar-refractivity contribution >= 4 is 5.69 Å². The predicted octanol–water partition coefficient (Wildman–Crippen LogP) is 0.741. The zero-order valence-corrected chi connectivity index (χ0v) is 6.49. The van der Waals surface area contributed by atoms with E-state index in [9.17, 15) is 8.78 Å². The number of rotatable bonds is 1. The van der Waals surface area contributed by atoms with Crippen LogP contribution in [0.25, 0.3) is 0 Å². The summed E-state index contributed by atoms with van der Waals surface area (Å²) in [6.45, 7) is 0. The van der Waals surface area contributed by atoms with Gasteiger partial charge in [0.05, 0.1) is 14.1 Å². The Labute approximate surface area is 64.3 Å². The smallest absolute Gasteiger partial charge is 0.136 e. The van der Waals surface area contributed by atoms with Crippen LogP contribution in [-0.2, 0) is 0 Å². The normalized spacial score (nSPS) is 10.6. The van der Waals surface area contributed by atoms with Gasteiger partial charge in [-0.15, -0.1) is 0 Å². The monoisotopic (exact) mass is 158 g/mol. The van der Waals surface area contributed by atoms with Crippen molar-refractivity contribution in [1.29, 1.82) is 0 Å². The molecule has 0 atom stereocenters. The van der Waals surface area contributed by atoms with Gasteiger partial charge in [0, 0.05) is 18.2 Å². The van der Waals surface area contributed by atoms with Gasteiger partial charge in [-0.2, -0.15) is 0 Å². The van der Waals surface area contributed by atoms with E-state index in [1.54, 1.807) is 0 Å². The molecule has 60 valence electrons. The number of hydrogen-bond acceptors (Lipinski definition) is 0. The molecule has 11 heavy (non-hydrogen) atoms.